The van der Waals surface area contributed by atoms with Crippen LogP contribution in [0.15, 0.2) is 18.2 Å². The van der Waals surface area contributed by atoms with Crippen molar-refractivity contribution in [1.82, 2.24) is 15.1 Å². The van der Waals surface area contributed by atoms with Crippen LogP contribution in [0.5, 0.6) is 0 Å². The molecule has 9 nitrogen and oxygen atoms in total. The second-order valence-corrected chi connectivity index (χ2v) is 12.1. The Hall–Kier alpha value is -2.07. The highest BCUT2D eigenvalue weighted by Gasteiger charge is 2.36. The van der Waals surface area contributed by atoms with Crippen molar-refractivity contribution >= 4 is 41.2 Å². The van der Waals surface area contributed by atoms with Crippen LogP contribution in [0.3, 0.4) is 0 Å². The lowest BCUT2D eigenvalue weighted by Gasteiger charge is -2.44. The summed E-state index contributed by atoms with van der Waals surface area (Å²) in [5.74, 6) is -0.266. The summed E-state index contributed by atoms with van der Waals surface area (Å²) in [7, 11) is 1.48. The number of esters is 1. The number of ether oxygens (including phenoxy) is 3. The monoisotopic (exact) mass is 585 g/mol. The predicted octanol–water partition coefficient (Wildman–Crippen LogP) is 4.32. The van der Waals surface area contributed by atoms with Crippen LogP contribution in [0, 0.1) is 5.92 Å². The van der Waals surface area contributed by atoms with E-state index < -0.39 is 17.7 Å². The standard InChI is InChI=1S/C28H41Cl2N3O6/c1-28(2,3)39-27(36)31-23(15-19-9-10-21(29)16-22(19)30)26(35)33-13-11-32(12-14-33)24-8-6-5-7-20(24)17-38-25(34)18-37-4/h9-10,16,20,23-24H,5-8,11-15,17-18H2,1-4H3,(H,31,36)/t20-,23?,24+/m0/s1. The third-order valence-electron chi connectivity index (χ3n) is 7.11. The molecule has 2 fully saturated rings. The lowest BCUT2D eigenvalue weighted by atomic mass is 9.83. The van der Waals surface area contributed by atoms with E-state index in [0.29, 0.717) is 54.4 Å². The van der Waals surface area contributed by atoms with E-state index in [4.69, 9.17) is 37.4 Å². The second-order valence-electron chi connectivity index (χ2n) is 11.2. The van der Waals surface area contributed by atoms with Crippen LogP contribution in [-0.2, 0) is 30.2 Å². The molecule has 1 aliphatic heterocycles. The van der Waals surface area contributed by atoms with Crippen molar-refractivity contribution in [2.24, 2.45) is 5.92 Å². The molecule has 11 heteroatoms. The zero-order valence-corrected chi connectivity index (χ0v) is 24.9. The number of nitrogens with one attached hydrogen (secondary N) is 1. The first-order valence-electron chi connectivity index (χ1n) is 13.6. The fourth-order valence-corrected chi connectivity index (χ4v) is 5.76. The number of nitrogens with zero attached hydrogens (tertiary/aromatic N) is 2. The normalized spacial score (nSPS) is 21.2. The molecule has 1 aromatic carbocycles. The van der Waals surface area contributed by atoms with E-state index in [-0.39, 0.29) is 30.8 Å². The van der Waals surface area contributed by atoms with Crippen LogP contribution >= 0.6 is 23.2 Å². The number of methoxy groups -OCH3 is 1. The molecule has 2 amide bonds. The van der Waals surface area contributed by atoms with Crippen LogP contribution in [0.2, 0.25) is 10.0 Å². The molecule has 0 aromatic heterocycles. The number of carbonyl (C=O) groups is 3. The highest BCUT2D eigenvalue weighted by Crippen LogP contribution is 2.30. The van der Waals surface area contributed by atoms with Crippen LogP contribution in [0.4, 0.5) is 4.79 Å². The molecule has 1 saturated heterocycles. The average molecular weight is 587 g/mol. The third-order valence-corrected chi connectivity index (χ3v) is 7.70. The van der Waals surface area contributed by atoms with E-state index in [0.717, 1.165) is 25.7 Å². The largest absolute Gasteiger partial charge is 0.464 e. The Morgan fingerprint density at radius 1 is 1.08 bits per heavy atom. The molecule has 0 spiro atoms. The number of hydrogen-bond acceptors (Lipinski definition) is 7. The number of halogens is 2. The Labute approximate surface area is 241 Å². The fraction of sp³-hybridized carbons (Fsp3) is 0.679. The van der Waals surface area contributed by atoms with Gasteiger partial charge in [0.15, 0.2) is 0 Å². The van der Waals surface area contributed by atoms with E-state index in [2.05, 4.69) is 10.2 Å². The maximum atomic E-state index is 13.7. The van der Waals surface area contributed by atoms with Gasteiger partial charge in [0.05, 0.1) is 6.61 Å². The van der Waals surface area contributed by atoms with Crippen molar-refractivity contribution in [3.8, 4) is 0 Å². The zero-order valence-electron chi connectivity index (χ0n) is 23.3. The van der Waals surface area contributed by atoms with Crippen molar-refractivity contribution in [3.63, 3.8) is 0 Å². The van der Waals surface area contributed by atoms with Gasteiger partial charge in [-0.25, -0.2) is 9.59 Å². The average Bonchev–Trinajstić information content (AvgIpc) is 2.87. The molecule has 2 aliphatic rings. The maximum absolute atomic E-state index is 13.7. The van der Waals surface area contributed by atoms with Gasteiger partial charge in [-0.3, -0.25) is 9.69 Å². The molecule has 1 N–H and O–H groups in total. The molecule has 0 radical (unpaired) electrons. The van der Waals surface area contributed by atoms with Gasteiger partial charge in [-0.1, -0.05) is 42.1 Å². The lowest BCUT2D eigenvalue weighted by Crippen LogP contribution is -2.58. The molecular formula is C28H41Cl2N3O6. The lowest BCUT2D eigenvalue weighted by molar-refractivity contribution is -0.151. The molecule has 1 aromatic rings. The number of hydrogen-bond donors (Lipinski definition) is 1. The molecule has 3 rings (SSSR count). The van der Waals surface area contributed by atoms with Crippen molar-refractivity contribution in [3.05, 3.63) is 33.8 Å². The predicted molar refractivity (Wildman–Crippen MR) is 150 cm³/mol. The van der Waals surface area contributed by atoms with E-state index in [1.165, 1.54) is 7.11 Å². The van der Waals surface area contributed by atoms with Crippen molar-refractivity contribution in [1.29, 1.82) is 0 Å². The van der Waals surface area contributed by atoms with Crippen molar-refractivity contribution in [2.75, 3.05) is 46.5 Å². The first-order chi connectivity index (χ1) is 18.5. The zero-order chi connectivity index (χ0) is 28.6. The van der Waals surface area contributed by atoms with Gasteiger partial charge in [-0.15, -0.1) is 0 Å². The molecule has 1 heterocycles. The van der Waals surface area contributed by atoms with Crippen molar-refractivity contribution < 1.29 is 28.6 Å². The highest BCUT2D eigenvalue weighted by atomic mass is 35.5. The summed E-state index contributed by atoms with van der Waals surface area (Å²) in [6, 6.07) is 4.56. The molecular weight excluding hydrogens is 545 g/mol. The maximum Gasteiger partial charge on any atom is 0.408 e. The Morgan fingerprint density at radius 3 is 2.41 bits per heavy atom. The molecule has 1 saturated carbocycles. The number of benzene rings is 1. The Morgan fingerprint density at radius 2 is 1.77 bits per heavy atom. The third kappa shape index (κ3) is 9.81. The molecule has 0 bridgehead atoms. The number of amides is 2. The van der Waals surface area contributed by atoms with Gasteiger partial charge in [-0.2, -0.15) is 0 Å². The molecule has 218 valence electrons. The first kappa shape index (κ1) is 31.5. The summed E-state index contributed by atoms with van der Waals surface area (Å²) in [5.41, 5.74) is 0.0116. The Bertz CT molecular complexity index is 994. The van der Waals surface area contributed by atoms with Gasteiger partial charge in [0.2, 0.25) is 5.91 Å². The van der Waals surface area contributed by atoms with E-state index in [1.807, 2.05) is 0 Å². The topological polar surface area (TPSA) is 97.4 Å². The van der Waals surface area contributed by atoms with Crippen LogP contribution in [0.1, 0.15) is 52.0 Å². The minimum Gasteiger partial charge on any atom is -0.464 e. The molecule has 1 aliphatic carbocycles. The van der Waals surface area contributed by atoms with Crippen LogP contribution < -0.4 is 5.32 Å². The Kier molecular flexibility index (Phi) is 11.7. The molecule has 1 unspecified atom stereocenters. The van der Waals surface area contributed by atoms with Crippen LogP contribution in [-0.4, -0.2) is 92.0 Å². The summed E-state index contributed by atoms with van der Waals surface area (Å²) in [5, 5.41) is 3.70. The van der Waals surface area contributed by atoms with Gasteiger partial charge < -0.3 is 24.4 Å². The summed E-state index contributed by atoms with van der Waals surface area (Å²) >= 11 is 12.4. The quantitative estimate of drug-likeness (QED) is 0.431. The molecule has 3 atom stereocenters. The Balaban J connectivity index is 1.64. The van der Waals surface area contributed by atoms with Crippen LogP contribution in [0.25, 0.3) is 0 Å². The van der Waals surface area contributed by atoms with E-state index >= 15 is 0 Å². The number of carbonyl (C=O) groups excluding carboxylic acids is 3. The first-order valence-corrected chi connectivity index (χ1v) is 14.3. The van der Waals surface area contributed by atoms with E-state index in [9.17, 15) is 14.4 Å². The summed E-state index contributed by atoms with van der Waals surface area (Å²) < 4.78 is 15.7. The van der Waals surface area contributed by atoms with Gasteiger partial charge >= 0.3 is 12.1 Å². The second kappa shape index (κ2) is 14.5. The summed E-state index contributed by atoms with van der Waals surface area (Å²) in [6.45, 7) is 8.15. The minimum absolute atomic E-state index is 0.0437. The summed E-state index contributed by atoms with van der Waals surface area (Å²) in [4.78, 5) is 42.3. The SMILES string of the molecule is COCC(=O)OC[C@@H]1CCCC[C@H]1N1CCN(C(=O)C(Cc2ccc(Cl)cc2Cl)NC(=O)OC(C)(C)C)CC1. The summed E-state index contributed by atoms with van der Waals surface area (Å²) in [6.07, 6.45) is 3.86. The van der Waals surface area contributed by atoms with Gasteiger partial charge in [0.1, 0.15) is 18.2 Å². The minimum atomic E-state index is -0.840. The van der Waals surface area contributed by atoms with Gasteiger partial charge in [-0.05, 0) is 51.3 Å². The number of piperazine rings is 1. The number of rotatable bonds is 9. The smallest absolute Gasteiger partial charge is 0.408 e. The molecule has 39 heavy (non-hydrogen) atoms. The number of alkyl carbamates (subject to hydrolysis) is 1. The highest BCUT2D eigenvalue weighted by molar-refractivity contribution is 6.35. The van der Waals surface area contributed by atoms with Crippen molar-refractivity contribution in [2.45, 2.75) is 70.6 Å². The van der Waals surface area contributed by atoms with Gasteiger partial charge in [0, 0.05) is 61.7 Å². The fourth-order valence-electron chi connectivity index (χ4n) is 5.27. The van der Waals surface area contributed by atoms with Gasteiger partial charge in [0.25, 0.3) is 0 Å². The van der Waals surface area contributed by atoms with E-state index in [1.54, 1.807) is 43.9 Å².